The van der Waals surface area contributed by atoms with E-state index in [9.17, 15) is 4.79 Å². The molecule has 2 atom stereocenters. The van der Waals surface area contributed by atoms with Crippen molar-refractivity contribution in [2.75, 3.05) is 13.6 Å². The Morgan fingerprint density at radius 1 is 1.43 bits per heavy atom. The third-order valence-corrected chi connectivity index (χ3v) is 4.24. The molecule has 2 unspecified atom stereocenters. The Kier molecular flexibility index (Phi) is 5.70. The number of nitrogens with one attached hydrogen (secondary N) is 1. The van der Waals surface area contributed by atoms with E-state index >= 15 is 0 Å². The fraction of sp³-hybridized carbons (Fsp3) is 0.500. The number of rotatable bonds is 5. The summed E-state index contributed by atoms with van der Waals surface area (Å²) in [7, 11) is 1.69. The van der Waals surface area contributed by atoms with Gasteiger partial charge in [0.15, 0.2) is 0 Å². The van der Waals surface area contributed by atoms with Crippen LogP contribution in [0, 0.1) is 0 Å². The van der Waals surface area contributed by atoms with Gasteiger partial charge in [0.2, 0.25) is 5.91 Å². The summed E-state index contributed by atoms with van der Waals surface area (Å²) in [5.41, 5.74) is 6.96. The van der Waals surface area contributed by atoms with Crippen LogP contribution in [0.3, 0.4) is 0 Å². The number of carbonyl (C=O) groups excluding carboxylic acids is 1. The molecule has 1 aliphatic rings. The van der Waals surface area contributed by atoms with Crippen molar-refractivity contribution in [2.24, 2.45) is 5.73 Å². The van der Waals surface area contributed by atoms with Gasteiger partial charge in [-0.05, 0) is 24.9 Å². The quantitative estimate of drug-likeness (QED) is 0.817. The number of amides is 1. The van der Waals surface area contributed by atoms with E-state index in [4.69, 9.17) is 18.0 Å². The summed E-state index contributed by atoms with van der Waals surface area (Å²) in [6.45, 7) is 0.903. The lowest BCUT2D eigenvalue weighted by Crippen LogP contribution is -2.50. The molecule has 114 valence electrons. The highest BCUT2D eigenvalue weighted by Crippen LogP contribution is 2.31. The van der Waals surface area contributed by atoms with E-state index < -0.39 is 0 Å². The van der Waals surface area contributed by atoms with E-state index in [1.165, 1.54) is 5.56 Å². The molecule has 0 spiro atoms. The summed E-state index contributed by atoms with van der Waals surface area (Å²) < 4.78 is 0. The van der Waals surface area contributed by atoms with Gasteiger partial charge in [-0.2, -0.15) is 0 Å². The first-order chi connectivity index (χ1) is 10.1. The predicted molar refractivity (Wildman–Crippen MR) is 89.0 cm³/mol. The van der Waals surface area contributed by atoms with Crippen molar-refractivity contribution >= 4 is 23.1 Å². The largest absolute Gasteiger partial charge is 0.393 e. The number of piperidine rings is 1. The Morgan fingerprint density at radius 2 is 2.14 bits per heavy atom. The van der Waals surface area contributed by atoms with Gasteiger partial charge < -0.3 is 11.1 Å². The molecule has 0 radical (unpaired) electrons. The molecule has 21 heavy (non-hydrogen) atoms. The second-order valence-corrected chi connectivity index (χ2v) is 5.98. The molecule has 1 aromatic rings. The standard InChI is InChI=1S/C16H23N3OS/c1-18-16(20)13-9-5-6-10-19(13)14(11-15(17)21)12-7-3-2-4-8-12/h2-4,7-8,13-14H,5-6,9-11H2,1H3,(H2,17,21)(H,18,20). The van der Waals surface area contributed by atoms with Crippen molar-refractivity contribution in [3.63, 3.8) is 0 Å². The SMILES string of the molecule is CNC(=O)C1CCCCN1C(CC(N)=S)c1ccccc1. The van der Waals surface area contributed by atoms with E-state index in [2.05, 4.69) is 22.3 Å². The summed E-state index contributed by atoms with van der Waals surface area (Å²) in [5, 5.41) is 2.78. The maximum absolute atomic E-state index is 12.2. The molecule has 0 saturated carbocycles. The number of benzene rings is 1. The van der Waals surface area contributed by atoms with Crippen molar-refractivity contribution in [1.82, 2.24) is 10.2 Å². The van der Waals surface area contributed by atoms with Crippen LogP contribution in [-0.2, 0) is 4.79 Å². The zero-order valence-corrected chi connectivity index (χ0v) is 13.2. The van der Waals surface area contributed by atoms with Crippen LogP contribution in [0.5, 0.6) is 0 Å². The van der Waals surface area contributed by atoms with Crippen molar-refractivity contribution in [3.8, 4) is 0 Å². The summed E-state index contributed by atoms with van der Waals surface area (Å²) >= 11 is 5.12. The van der Waals surface area contributed by atoms with Gasteiger partial charge in [0.25, 0.3) is 0 Å². The molecule has 0 bridgehead atoms. The molecule has 0 aromatic heterocycles. The van der Waals surface area contributed by atoms with Crippen LogP contribution < -0.4 is 11.1 Å². The molecular formula is C16H23N3OS. The minimum Gasteiger partial charge on any atom is -0.393 e. The maximum Gasteiger partial charge on any atom is 0.237 e. The highest BCUT2D eigenvalue weighted by atomic mass is 32.1. The summed E-state index contributed by atoms with van der Waals surface area (Å²) in [5.74, 6) is 0.0820. The van der Waals surface area contributed by atoms with Gasteiger partial charge in [0.05, 0.1) is 11.0 Å². The summed E-state index contributed by atoms with van der Waals surface area (Å²) in [6, 6.07) is 10.2. The fourth-order valence-electron chi connectivity index (χ4n) is 3.07. The van der Waals surface area contributed by atoms with Crippen LogP contribution >= 0.6 is 12.2 Å². The van der Waals surface area contributed by atoms with E-state index in [1.54, 1.807) is 7.05 Å². The second kappa shape index (κ2) is 7.52. The Hall–Kier alpha value is -1.46. The molecule has 1 fully saturated rings. The number of hydrogen-bond donors (Lipinski definition) is 2. The van der Waals surface area contributed by atoms with Gasteiger partial charge in [0, 0.05) is 19.5 Å². The number of carbonyl (C=O) groups is 1. The minimum atomic E-state index is -0.0942. The number of likely N-dealkylation sites (tertiary alicyclic amines) is 1. The number of nitrogens with zero attached hydrogens (tertiary/aromatic N) is 1. The normalized spacial score (nSPS) is 20.7. The first kappa shape index (κ1) is 15.9. The molecule has 1 aliphatic heterocycles. The van der Waals surface area contributed by atoms with Gasteiger partial charge in [-0.15, -0.1) is 0 Å². The highest BCUT2D eigenvalue weighted by molar-refractivity contribution is 7.80. The van der Waals surface area contributed by atoms with Gasteiger partial charge in [0.1, 0.15) is 0 Å². The Bertz CT molecular complexity index is 492. The predicted octanol–water partition coefficient (Wildman–Crippen LogP) is 2.00. The molecule has 2 rings (SSSR count). The molecule has 1 aromatic carbocycles. The number of likely N-dealkylation sites (N-methyl/N-ethyl adjacent to an activating group) is 1. The average Bonchev–Trinajstić information content (AvgIpc) is 2.52. The zero-order chi connectivity index (χ0) is 15.2. The Labute approximate surface area is 131 Å². The van der Waals surface area contributed by atoms with Crippen LogP contribution in [-0.4, -0.2) is 35.4 Å². The van der Waals surface area contributed by atoms with Crippen LogP contribution in [0.15, 0.2) is 30.3 Å². The van der Waals surface area contributed by atoms with E-state index in [0.29, 0.717) is 11.4 Å². The van der Waals surface area contributed by atoms with Crippen LogP contribution in [0.4, 0.5) is 0 Å². The summed E-state index contributed by atoms with van der Waals surface area (Å²) in [4.78, 5) is 14.9. The van der Waals surface area contributed by atoms with Crippen LogP contribution in [0.2, 0.25) is 0 Å². The third-order valence-electron chi connectivity index (χ3n) is 4.07. The van der Waals surface area contributed by atoms with E-state index in [-0.39, 0.29) is 18.0 Å². The number of hydrogen-bond acceptors (Lipinski definition) is 3. The topological polar surface area (TPSA) is 58.4 Å². The maximum atomic E-state index is 12.2. The first-order valence-corrected chi connectivity index (χ1v) is 7.85. The number of nitrogens with two attached hydrogens (primary N) is 1. The van der Waals surface area contributed by atoms with E-state index in [0.717, 1.165) is 25.8 Å². The van der Waals surface area contributed by atoms with E-state index in [1.807, 2.05) is 18.2 Å². The lowest BCUT2D eigenvalue weighted by molar-refractivity contribution is -0.128. The smallest absolute Gasteiger partial charge is 0.237 e. The van der Waals surface area contributed by atoms with Crippen molar-refractivity contribution < 1.29 is 4.79 Å². The first-order valence-electron chi connectivity index (χ1n) is 7.44. The molecular weight excluding hydrogens is 282 g/mol. The van der Waals surface area contributed by atoms with Crippen molar-refractivity contribution in [3.05, 3.63) is 35.9 Å². The second-order valence-electron chi connectivity index (χ2n) is 5.46. The zero-order valence-electron chi connectivity index (χ0n) is 12.4. The molecule has 4 nitrogen and oxygen atoms in total. The fourth-order valence-corrected chi connectivity index (χ4v) is 3.23. The molecule has 0 aliphatic carbocycles. The van der Waals surface area contributed by atoms with Crippen LogP contribution in [0.25, 0.3) is 0 Å². The average molecular weight is 305 g/mol. The highest BCUT2D eigenvalue weighted by Gasteiger charge is 2.33. The molecule has 3 N–H and O–H groups in total. The molecule has 5 heteroatoms. The molecule has 1 amide bonds. The Balaban J connectivity index is 2.29. The van der Waals surface area contributed by atoms with Gasteiger partial charge in [-0.1, -0.05) is 49.0 Å². The minimum absolute atomic E-state index is 0.0753. The van der Waals surface area contributed by atoms with Crippen molar-refractivity contribution in [2.45, 2.75) is 37.8 Å². The van der Waals surface area contributed by atoms with Crippen LogP contribution in [0.1, 0.15) is 37.3 Å². The molecule has 1 saturated heterocycles. The Morgan fingerprint density at radius 3 is 2.76 bits per heavy atom. The van der Waals surface area contributed by atoms with Crippen molar-refractivity contribution in [1.29, 1.82) is 0 Å². The number of thiocarbonyl (C=S) groups is 1. The monoisotopic (exact) mass is 305 g/mol. The van der Waals surface area contributed by atoms with Gasteiger partial charge >= 0.3 is 0 Å². The molecule has 1 heterocycles. The third kappa shape index (κ3) is 4.02. The summed E-state index contributed by atoms with van der Waals surface area (Å²) in [6.07, 6.45) is 3.69. The lowest BCUT2D eigenvalue weighted by atomic mass is 9.94. The van der Waals surface area contributed by atoms with Gasteiger partial charge in [-0.25, -0.2) is 0 Å². The van der Waals surface area contributed by atoms with Gasteiger partial charge in [-0.3, -0.25) is 9.69 Å². The lowest BCUT2D eigenvalue weighted by Gasteiger charge is -2.40.